The minimum atomic E-state index is -0.737. The van der Waals surface area contributed by atoms with Crippen LogP contribution < -0.4 is 11.1 Å². The van der Waals surface area contributed by atoms with E-state index in [9.17, 15) is 9.90 Å². The summed E-state index contributed by atoms with van der Waals surface area (Å²) in [6.07, 6.45) is 4.75. The molecule has 5 heteroatoms. The first-order chi connectivity index (χ1) is 9.00. The van der Waals surface area contributed by atoms with Crippen molar-refractivity contribution in [1.29, 1.82) is 0 Å². The molecule has 0 heterocycles. The fourth-order valence-corrected chi connectivity index (χ4v) is 2.78. The smallest absolute Gasteiger partial charge is 0.251 e. The Morgan fingerprint density at radius 2 is 2.05 bits per heavy atom. The van der Waals surface area contributed by atoms with Crippen LogP contribution in [0.15, 0.2) is 22.7 Å². The molecule has 0 aliphatic heterocycles. The minimum Gasteiger partial charge on any atom is -0.398 e. The zero-order valence-electron chi connectivity index (χ0n) is 10.8. The molecular formula is C14H19BrN2O2. The van der Waals surface area contributed by atoms with Crippen LogP contribution in [0.1, 0.15) is 42.5 Å². The van der Waals surface area contributed by atoms with Gasteiger partial charge in [-0.1, -0.05) is 19.3 Å². The summed E-state index contributed by atoms with van der Waals surface area (Å²) in [7, 11) is 0. The second-order valence-corrected chi connectivity index (χ2v) is 6.06. The Kier molecular flexibility index (Phi) is 4.47. The van der Waals surface area contributed by atoms with Crippen molar-refractivity contribution in [3.8, 4) is 0 Å². The van der Waals surface area contributed by atoms with Crippen LogP contribution in [-0.2, 0) is 0 Å². The maximum absolute atomic E-state index is 12.0. The standard InChI is InChI=1S/C14H19BrN2O2/c15-11-8-10(4-5-12(11)16)13(18)17-9-14(19)6-2-1-3-7-14/h4-5,8,19H,1-3,6-7,9,16H2,(H,17,18). The highest BCUT2D eigenvalue weighted by Crippen LogP contribution is 2.27. The SMILES string of the molecule is Nc1ccc(C(=O)NCC2(O)CCCCC2)cc1Br. The van der Waals surface area contributed by atoms with Gasteiger partial charge in [-0.05, 0) is 47.0 Å². The summed E-state index contributed by atoms with van der Waals surface area (Å²) in [6.45, 7) is 0.313. The van der Waals surface area contributed by atoms with E-state index in [0.717, 1.165) is 25.7 Å². The molecule has 4 N–H and O–H groups in total. The average Bonchev–Trinajstić information content (AvgIpc) is 2.40. The second-order valence-electron chi connectivity index (χ2n) is 5.20. The van der Waals surface area contributed by atoms with E-state index in [2.05, 4.69) is 21.2 Å². The van der Waals surface area contributed by atoms with Crippen LogP contribution in [0.2, 0.25) is 0 Å². The molecule has 0 radical (unpaired) electrons. The zero-order valence-corrected chi connectivity index (χ0v) is 12.4. The Morgan fingerprint density at radius 1 is 1.37 bits per heavy atom. The van der Waals surface area contributed by atoms with E-state index in [0.29, 0.717) is 22.3 Å². The summed E-state index contributed by atoms with van der Waals surface area (Å²) >= 11 is 3.30. The lowest BCUT2D eigenvalue weighted by Crippen LogP contribution is -2.44. The molecular weight excluding hydrogens is 308 g/mol. The molecule has 19 heavy (non-hydrogen) atoms. The quantitative estimate of drug-likeness (QED) is 0.747. The van der Waals surface area contributed by atoms with E-state index in [-0.39, 0.29) is 5.91 Å². The number of hydrogen-bond donors (Lipinski definition) is 3. The van der Waals surface area contributed by atoms with E-state index in [1.165, 1.54) is 6.42 Å². The van der Waals surface area contributed by atoms with E-state index >= 15 is 0 Å². The van der Waals surface area contributed by atoms with Crippen LogP contribution in [0, 0.1) is 0 Å². The number of hydrogen-bond acceptors (Lipinski definition) is 3. The third-order valence-corrected chi connectivity index (χ3v) is 4.31. The van der Waals surface area contributed by atoms with Crippen LogP contribution in [0.3, 0.4) is 0 Å². The molecule has 0 aromatic heterocycles. The first-order valence-corrected chi connectivity index (χ1v) is 7.35. The van der Waals surface area contributed by atoms with Gasteiger partial charge in [-0.3, -0.25) is 4.79 Å². The van der Waals surface area contributed by atoms with Crippen LogP contribution in [0.5, 0.6) is 0 Å². The van der Waals surface area contributed by atoms with E-state index in [1.54, 1.807) is 18.2 Å². The van der Waals surface area contributed by atoms with Crippen molar-refractivity contribution in [2.45, 2.75) is 37.7 Å². The molecule has 1 saturated carbocycles. The van der Waals surface area contributed by atoms with Gasteiger partial charge in [0.25, 0.3) is 5.91 Å². The summed E-state index contributed by atoms with van der Waals surface area (Å²) in [5, 5.41) is 13.1. The van der Waals surface area contributed by atoms with Crippen molar-refractivity contribution in [2.75, 3.05) is 12.3 Å². The molecule has 1 aliphatic carbocycles. The first-order valence-electron chi connectivity index (χ1n) is 6.56. The van der Waals surface area contributed by atoms with E-state index in [1.807, 2.05) is 0 Å². The number of carbonyl (C=O) groups excluding carboxylic acids is 1. The molecule has 0 unspecified atom stereocenters. The zero-order chi connectivity index (χ0) is 13.9. The summed E-state index contributed by atoms with van der Waals surface area (Å²) < 4.78 is 0.705. The highest BCUT2D eigenvalue weighted by atomic mass is 79.9. The van der Waals surface area contributed by atoms with Crippen LogP contribution in [-0.4, -0.2) is 23.2 Å². The van der Waals surface area contributed by atoms with Gasteiger partial charge in [0.2, 0.25) is 0 Å². The van der Waals surface area contributed by atoms with Gasteiger partial charge in [0.05, 0.1) is 5.60 Å². The lowest BCUT2D eigenvalue weighted by atomic mass is 9.85. The Hall–Kier alpha value is -1.07. The largest absolute Gasteiger partial charge is 0.398 e. The van der Waals surface area contributed by atoms with Crippen LogP contribution in [0.4, 0.5) is 5.69 Å². The number of anilines is 1. The lowest BCUT2D eigenvalue weighted by molar-refractivity contribution is 0.00525. The third kappa shape index (κ3) is 3.70. The first kappa shape index (κ1) is 14.3. The van der Waals surface area contributed by atoms with Gasteiger partial charge >= 0.3 is 0 Å². The van der Waals surface area contributed by atoms with Crippen LogP contribution >= 0.6 is 15.9 Å². The second kappa shape index (κ2) is 5.92. The fraction of sp³-hybridized carbons (Fsp3) is 0.500. The molecule has 1 aliphatic rings. The number of nitrogen functional groups attached to an aromatic ring is 1. The molecule has 0 atom stereocenters. The summed E-state index contributed by atoms with van der Waals surface area (Å²) in [4.78, 5) is 12.0. The van der Waals surface area contributed by atoms with Crippen molar-refractivity contribution in [2.24, 2.45) is 0 Å². The summed E-state index contributed by atoms with van der Waals surface area (Å²) in [5.74, 6) is -0.181. The maximum Gasteiger partial charge on any atom is 0.251 e. The molecule has 104 valence electrons. The monoisotopic (exact) mass is 326 g/mol. The molecule has 2 rings (SSSR count). The molecule has 0 spiro atoms. The average molecular weight is 327 g/mol. The number of nitrogens with two attached hydrogens (primary N) is 1. The van der Waals surface area contributed by atoms with E-state index in [4.69, 9.17) is 5.73 Å². The highest BCUT2D eigenvalue weighted by molar-refractivity contribution is 9.10. The Bertz CT molecular complexity index is 471. The summed E-state index contributed by atoms with van der Waals surface area (Å²) in [5.41, 5.74) is 6.09. The van der Waals surface area contributed by atoms with Crippen molar-refractivity contribution >= 4 is 27.5 Å². The number of halogens is 1. The molecule has 1 fully saturated rings. The summed E-state index contributed by atoms with van der Waals surface area (Å²) in [6, 6.07) is 5.06. The topological polar surface area (TPSA) is 75.4 Å². The fourth-order valence-electron chi connectivity index (χ4n) is 2.40. The lowest BCUT2D eigenvalue weighted by Gasteiger charge is -2.32. The Morgan fingerprint density at radius 3 is 2.68 bits per heavy atom. The van der Waals surface area contributed by atoms with Crippen molar-refractivity contribution < 1.29 is 9.90 Å². The number of rotatable bonds is 3. The molecule has 1 amide bonds. The molecule has 0 saturated heterocycles. The van der Waals surface area contributed by atoms with Gasteiger partial charge < -0.3 is 16.2 Å². The van der Waals surface area contributed by atoms with Crippen molar-refractivity contribution in [1.82, 2.24) is 5.32 Å². The number of aliphatic hydroxyl groups is 1. The van der Waals surface area contributed by atoms with Crippen LogP contribution in [0.25, 0.3) is 0 Å². The predicted octanol–water partition coefficient (Wildman–Crippen LogP) is 2.46. The van der Waals surface area contributed by atoms with Gasteiger partial charge in [-0.2, -0.15) is 0 Å². The van der Waals surface area contributed by atoms with Crippen molar-refractivity contribution in [3.05, 3.63) is 28.2 Å². The number of nitrogens with one attached hydrogen (secondary N) is 1. The Labute approximate surface area is 121 Å². The number of amides is 1. The maximum atomic E-state index is 12.0. The number of benzene rings is 1. The van der Waals surface area contributed by atoms with Crippen molar-refractivity contribution in [3.63, 3.8) is 0 Å². The third-order valence-electron chi connectivity index (χ3n) is 3.62. The van der Waals surface area contributed by atoms with E-state index < -0.39 is 5.60 Å². The van der Waals surface area contributed by atoms with Gasteiger partial charge in [0.15, 0.2) is 0 Å². The van der Waals surface area contributed by atoms with Gasteiger partial charge in [0, 0.05) is 22.3 Å². The van der Waals surface area contributed by atoms with Gasteiger partial charge in [-0.15, -0.1) is 0 Å². The minimum absolute atomic E-state index is 0.181. The number of carbonyl (C=O) groups is 1. The molecule has 4 nitrogen and oxygen atoms in total. The van der Waals surface area contributed by atoms with Gasteiger partial charge in [-0.25, -0.2) is 0 Å². The normalized spacial score (nSPS) is 18.0. The molecule has 1 aromatic carbocycles. The molecule has 0 bridgehead atoms. The van der Waals surface area contributed by atoms with Gasteiger partial charge in [0.1, 0.15) is 0 Å². The predicted molar refractivity (Wildman–Crippen MR) is 78.9 cm³/mol. The Balaban J connectivity index is 1.95. The highest BCUT2D eigenvalue weighted by Gasteiger charge is 2.29. The molecule has 1 aromatic rings.